The molecule has 0 rings (SSSR count). The second-order valence-electron chi connectivity index (χ2n) is 3.88. The number of carbonyl (C=O) groups excluding carboxylic acids is 1. The maximum absolute atomic E-state index is 10.1. The minimum Gasteiger partial charge on any atom is -0.463 e. The third-order valence-electron chi connectivity index (χ3n) is 1.36. The van der Waals surface area contributed by atoms with E-state index < -0.39 is 0 Å². The van der Waals surface area contributed by atoms with Crippen molar-refractivity contribution in [2.75, 3.05) is 40.9 Å². The topological polar surface area (TPSA) is 52.6 Å². The van der Waals surface area contributed by atoms with Gasteiger partial charge in [0.15, 0.2) is 0 Å². The summed E-state index contributed by atoms with van der Waals surface area (Å²) in [4.78, 5) is 10.1. The van der Waals surface area contributed by atoms with E-state index in [1.54, 1.807) is 6.92 Å². The zero-order chi connectivity index (χ0) is 13.0. The normalized spacial score (nSPS) is 10.2. The van der Waals surface area contributed by atoms with Gasteiger partial charge in [0.2, 0.25) is 0 Å². The second kappa shape index (κ2) is 10.7. The van der Waals surface area contributed by atoms with Crippen molar-refractivity contribution in [2.24, 2.45) is 0 Å². The van der Waals surface area contributed by atoms with Gasteiger partial charge in [-0.2, -0.15) is 0 Å². The van der Waals surface area contributed by atoms with Crippen LogP contribution in [0.25, 0.3) is 0 Å². The molecule has 94 valence electrons. The molecule has 0 saturated heterocycles. The number of hydrogen-bond acceptors (Lipinski definition) is 4. The molecule has 5 nitrogen and oxygen atoms in total. The van der Waals surface area contributed by atoms with Gasteiger partial charge in [0.1, 0.15) is 13.2 Å². The van der Waals surface area contributed by atoms with Crippen LogP contribution < -0.4 is 0 Å². The Bertz CT molecular complexity index is 213. The van der Waals surface area contributed by atoms with Gasteiger partial charge in [-0.05, 0) is 6.92 Å². The molecule has 0 aliphatic rings. The number of esters is 1. The van der Waals surface area contributed by atoms with Crippen molar-refractivity contribution in [3.63, 3.8) is 0 Å². The molecule has 0 radical (unpaired) electrons. The summed E-state index contributed by atoms with van der Waals surface area (Å²) in [7, 11) is 5.96. The van der Waals surface area contributed by atoms with E-state index in [-0.39, 0.29) is 14.7 Å². The van der Waals surface area contributed by atoms with Crippen molar-refractivity contribution < 1.29 is 23.1 Å². The third-order valence-corrected chi connectivity index (χ3v) is 1.65. The summed E-state index contributed by atoms with van der Waals surface area (Å²) in [6, 6.07) is 0. The Morgan fingerprint density at radius 1 is 1.44 bits per heavy atom. The van der Waals surface area contributed by atoms with Crippen LogP contribution in [0.1, 0.15) is 6.92 Å². The Kier molecular flexibility index (Phi) is 11.8. The summed E-state index contributed by atoms with van der Waals surface area (Å²) in [5.74, 6) is -0.359. The molecule has 0 N–H and O–H groups in total. The molecule has 0 fully saturated rings. The minimum atomic E-state index is -0.359. The molecule has 0 heterocycles. The first-order valence-electron chi connectivity index (χ1n) is 4.91. The van der Waals surface area contributed by atoms with Gasteiger partial charge in [0.05, 0.1) is 27.7 Å². The number of carbonyl (C=O) groups is 1. The highest BCUT2D eigenvalue weighted by molar-refractivity contribution is 7.17. The van der Waals surface area contributed by atoms with Crippen LogP contribution >= 0.6 is 8.69 Å². The second-order valence-corrected chi connectivity index (χ2v) is 4.29. The lowest BCUT2D eigenvalue weighted by Gasteiger charge is -2.22. The van der Waals surface area contributed by atoms with Crippen LogP contribution in [-0.2, 0) is 18.6 Å². The Morgan fingerprint density at radius 2 is 2.00 bits per heavy atom. The molecular weight excluding hydrogens is 229 g/mol. The molecule has 0 aromatic heterocycles. The fourth-order valence-corrected chi connectivity index (χ4v) is 0.709. The van der Waals surface area contributed by atoms with E-state index in [2.05, 4.69) is 37.0 Å². The van der Waals surface area contributed by atoms with Crippen molar-refractivity contribution in [1.29, 1.82) is 0 Å². The summed E-state index contributed by atoms with van der Waals surface area (Å²) in [5, 5.41) is 0. The van der Waals surface area contributed by atoms with Crippen LogP contribution in [0.3, 0.4) is 0 Å². The van der Waals surface area contributed by atoms with Crippen molar-refractivity contribution in [3.05, 3.63) is 12.7 Å². The molecule has 0 bridgehead atoms. The molecule has 16 heavy (non-hydrogen) atoms. The van der Waals surface area contributed by atoms with Gasteiger partial charge in [-0.15, -0.1) is 0 Å². The number of hydrogen-bond donors (Lipinski definition) is 0. The Hall–Kier alpha value is -0.770. The fraction of sp³-hybridized carbons (Fsp3) is 0.700. The monoisotopic (exact) mass is 250 g/mol. The molecular formula is C10H21NO4P+. The summed E-state index contributed by atoms with van der Waals surface area (Å²) in [5.41, 5.74) is 0. The van der Waals surface area contributed by atoms with Gasteiger partial charge in [-0.25, -0.2) is 9.36 Å². The number of nitrogens with zero attached hydrogens (tertiary/aromatic N) is 1. The van der Waals surface area contributed by atoms with Crippen LogP contribution in [0, 0.1) is 0 Å². The summed E-state index contributed by atoms with van der Waals surface area (Å²) in [6.07, 6.45) is 1.14. The lowest BCUT2D eigenvalue weighted by molar-refractivity contribution is -0.870. The van der Waals surface area contributed by atoms with Crippen LogP contribution in [-0.4, -0.2) is 51.4 Å². The summed E-state index contributed by atoms with van der Waals surface area (Å²) < 4.78 is 19.6. The maximum Gasteiger partial charge on any atom is 0.330 e. The molecule has 6 heteroatoms. The maximum atomic E-state index is 10.1. The largest absolute Gasteiger partial charge is 0.463 e. The standard InChI is InChI=1S/C5H13NO2P.C5H8O2/c1-6(2,3)4-5-8-9-7;1-3-5(6)7-4-2/h4-5H2,1-3H3;3H,1,4H2,2H3/q+1;. The molecule has 0 aromatic rings. The van der Waals surface area contributed by atoms with E-state index in [0.717, 1.165) is 17.1 Å². The first kappa shape index (κ1) is 17.6. The van der Waals surface area contributed by atoms with E-state index in [1.165, 1.54) is 0 Å². The average Bonchev–Trinajstić information content (AvgIpc) is 2.18. The Labute approximate surface area is 98.9 Å². The number of likely N-dealkylation sites (N-methyl/N-ethyl adjacent to an activating group) is 1. The SMILES string of the molecule is C=CC(=O)OCC.C[N+](C)(C)CCOP=O. The predicted molar refractivity (Wildman–Crippen MR) is 63.3 cm³/mol. The first-order valence-corrected chi connectivity index (χ1v) is 5.64. The zero-order valence-corrected chi connectivity index (χ0v) is 11.3. The number of quaternary nitrogens is 1. The minimum absolute atomic E-state index is 0.217. The van der Waals surface area contributed by atoms with Gasteiger partial charge in [0, 0.05) is 6.08 Å². The average molecular weight is 250 g/mol. The Morgan fingerprint density at radius 3 is 2.25 bits per heavy atom. The van der Waals surface area contributed by atoms with Crippen molar-refractivity contribution in [2.45, 2.75) is 6.92 Å². The van der Waals surface area contributed by atoms with Crippen LogP contribution in [0.2, 0.25) is 0 Å². The van der Waals surface area contributed by atoms with E-state index in [1.807, 2.05) is 0 Å². The number of ether oxygens (including phenoxy) is 1. The molecule has 0 atom stereocenters. The van der Waals surface area contributed by atoms with Crippen molar-refractivity contribution in [1.82, 2.24) is 0 Å². The zero-order valence-electron chi connectivity index (χ0n) is 10.4. The van der Waals surface area contributed by atoms with Crippen molar-refractivity contribution in [3.8, 4) is 0 Å². The predicted octanol–water partition coefficient (Wildman–Crippen LogP) is 1.65. The molecule has 0 aliphatic carbocycles. The Balaban J connectivity index is 0. The summed E-state index contributed by atoms with van der Waals surface area (Å²) in [6.45, 7) is 6.81. The lowest BCUT2D eigenvalue weighted by atomic mass is 10.5. The smallest absolute Gasteiger partial charge is 0.330 e. The van der Waals surface area contributed by atoms with Gasteiger partial charge in [0.25, 0.3) is 0 Å². The van der Waals surface area contributed by atoms with Gasteiger partial charge in [-0.3, -0.25) is 4.52 Å². The molecule has 0 saturated carbocycles. The van der Waals surface area contributed by atoms with Crippen molar-refractivity contribution >= 4 is 14.7 Å². The first-order chi connectivity index (χ1) is 7.37. The van der Waals surface area contributed by atoms with Gasteiger partial charge >= 0.3 is 14.7 Å². The van der Waals surface area contributed by atoms with Crippen LogP contribution in [0.5, 0.6) is 0 Å². The highest BCUT2D eigenvalue weighted by Crippen LogP contribution is 1.96. The fourth-order valence-electron chi connectivity index (χ4n) is 0.553. The lowest BCUT2D eigenvalue weighted by Crippen LogP contribution is -2.37. The van der Waals surface area contributed by atoms with Crippen LogP contribution in [0.4, 0.5) is 0 Å². The molecule has 0 aromatic carbocycles. The molecule has 0 unspecified atom stereocenters. The van der Waals surface area contributed by atoms with E-state index in [4.69, 9.17) is 0 Å². The third kappa shape index (κ3) is 18.9. The van der Waals surface area contributed by atoms with Gasteiger partial charge < -0.3 is 9.22 Å². The van der Waals surface area contributed by atoms with E-state index in [0.29, 0.717) is 13.2 Å². The molecule has 0 aliphatic heterocycles. The van der Waals surface area contributed by atoms with Gasteiger partial charge in [-0.1, -0.05) is 6.58 Å². The highest BCUT2D eigenvalue weighted by atomic mass is 31.1. The van der Waals surface area contributed by atoms with E-state index >= 15 is 0 Å². The molecule has 0 amide bonds. The number of rotatable bonds is 6. The molecule has 0 spiro atoms. The quantitative estimate of drug-likeness (QED) is 0.236. The highest BCUT2D eigenvalue weighted by Gasteiger charge is 2.04. The van der Waals surface area contributed by atoms with Crippen LogP contribution in [0.15, 0.2) is 12.7 Å². The van der Waals surface area contributed by atoms with E-state index in [9.17, 15) is 9.36 Å². The summed E-state index contributed by atoms with van der Waals surface area (Å²) >= 11 is 0.